The van der Waals surface area contributed by atoms with E-state index in [0.29, 0.717) is 32.7 Å². The molecular formula is C14H20N2O3S2. The van der Waals surface area contributed by atoms with E-state index in [4.69, 9.17) is 9.47 Å². The number of amides is 1. The number of carbonyl (C=O) groups is 1. The molecule has 2 fully saturated rings. The molecule has 0 N–H and O–H groups in total. The molecule has 0 bridgehead atoms. The number of rotatable bonds is 3. The van der Waals surface area contributed by atoms with Gasteiger partial charge in [-0.25, -0.2) is 4.98 Å². The molecule has 0 unspecified atom stereocenters. The summed E-state index contributed by atoms with van der Waals surface area (Å²) in [6, 6.07) is 0. The molecule has 5 nitrogen and oxygen atoms in total. The largest absolute Gasteiger partial charge is 0.347 e. The zero-order valence-electron chi connectivity index (χ0n) is 12.4. The van der Waals surface area contributed by atoms with Crippen molar-refractivity contribution in [2.45, 2.75) is 36.3 Å². The molecule has 0 aromatic carbocycles. The van der Waals surface area contributed by atoms with Gasteiger partial charge in [-0.15, -0.1) is 11.3 Å². The van der Waals surface area contributed by atoms with Crippen LogP contribution in [0.5, 0.6) is 0 Å². The fraction of sp³-hybridized carbons (Fsp3) is 0.714. The zero-order valence-corrected chi connectivity index (χ0v) is 14.0. The predicted molar refractivity (Wildman–Crippen MR) is 82.8 cm³/mol. The number of nitrogens with zero attached hydrogens (tertiary/aromatic N) is 2. The Morgan fingerprint density at radius 2 is 2.05 bits per heavy atom. The van der Waals surface area contributed by atoms with Crippen LogP contribution in [0.3, 0.4) is 0 Å². The quantitative estimate of drug-likeness (QED) is 0.795. The number of ether oxygens (including phenoxy) is 2. The molecule has 2 aliphatic rings. The van der Waals surface area contributed by atoms with Crippen LogP contribution in [0.4, 0.5) is 0 Å². The van der Waals surface area contributed by atoms with Crippen molar-refractivity contribution in [3.05, 3.63) is 10.6 Å². The average Bonchev–Trinajstić information content (AvgIpc) is 3.07. The predicted octanol–water partition coefficient (Wildman–Crippen LogP) is 2.08. The molecule has 0 atom stereocenters. The first-order chi connectivity index (χ1) is 10.1. The summed E-state index contributed by atoms with van der Waals surface area (Å²) in [5, 5.41) is 0. The first-order valence-corrected chi connectivity index (χ1v) is 9.22. The topological polar surface area (TPSA) is 51.7 Å². The summed E-state index contributed by atoms with van der Waals surface area (Å²) < 4.78 is 12.4. The Kier molecular flexibility index (Phi) is 4.54. The van der Waals surface area contributed by atoms with E-state index in [2.05, 4.69) is 4.98 Å². The number of aromatic nitrogens is 1. The fourth-order valence-electron chi connectivity index (χ4n) is 2.78. The maximum Gasteiger partial charge on any atom is 0.227 e. The molecule has 0 aliphatic carbocycles. The van der Waals surface area contributed by atoms with Crippen molar-refractivity contribution in [3.8, 4) is 0 Å². The number of piperidine rings is 1. The lowest BCUT2D eigenvalue weighted by atomic mass is 10.0. The molecule has 3 heterocycles. The summed E-state index contributed by atoms with van der Waals surface area (Å²) >= 11 is 3.25. The minimum absolute atomic E-state index is 0.183. The summed E-state index contributed by atoms with van der Waals surface area (Å²) in [6.07, 6.45) is 4.02. The second-order valence-electron chi connectivity index (χ2n) is 5.36. The van der Waals surface area contributed by atoms with Crippen molar-refractivity contribution in [1.29, 1.82) is 0 Å². The van der Waals surface area contributed by atoms with Crippen LogP contribution in [-0.2, 0) is 20.7 Å². The smallest absolute Gasteiger partial charge is 0.227 e. The SMILES string of the molecule is CSc1nc(C)c(CC(=O)N2CCC3(CC2)OCCO3)s1. The third-order valence-corrected chi connectivity index (χ3v) is 6.19. The lowest BCUT2D eigenvalue weighted by Crippen LogP contribution is -2.47. The molecule has 116 valence electrons. The van der Waals surface area contributed by atoms with Gasteiger partial charge in [-0.2, -0.15) is 0 Å². The van der Waals surface area contributed by atoms with E-state index in [1.54, 1.807) is 23.1 Å². The van der Waals surface area contributed by atoms with E-state index in [1.807, 2.05) is 18.1 Å². The van der Waals surface area contributed by atoms with E-state index in [0.717, 1.165) is 27.8 Å². The highest BCUT2D eigenvalue weighted by molar-refractivity contribution is 8.00. The number of thiazole rings is 1. The average molecular weight is 328 g/mol. The minimum Gasteiger partial charge on any atom is -0.347 e. The van der Waals surface area contributed by atoms with Gasteiger partial charge in [0.2, 0.25) is 5.91 Å². The van der Waals surface area contributed by atoms with Crippen LogP contribution >= 0.6 is 23.1 Å². The molecule has 21 heavy (non-hydrogen) atoms. The summed E-state index contributed by atoms with van der Waals surface area (Å²) in [6.45, 7) is 4.75. The minimum atomic E-state index is -0.413. The fourth-order valence-corrected chi connectivity index (χ4v) is 4.43. The molecule has 1 amide bonds. The molecule has 7 heteroatoms. The van der Waals surface area contributed by atoms with Crippen molar-refractivity contribution >= 4 is 29.0 Å². The molecule has 2 saturated heterocycles. The van der Waals surface area contributed by atoms with E-state index in [9.17, 15) is 4.79 Å². The standard InChI is InChI=1S/C14H20N2O3S2/c1-10-11(21-13(15-10)20-2)9-12(17)16-5-3-14(4-6-16)18-7-8-19-14/h3-9H2,1-2H3. The molecule has 3 rings (SSSR count). The molecule has 2 aliphatic heterocycles. The van der Waals surface area contributed by atoms with Crippen LogP contribution in [0.25, 0.3) is 0 Å². The van der Waals surface area contributed by atoms with Crippen molar-refractivity contribution in [3.63, 3.8) is 0 Å². The Morgan fingerprint density at radius 3 is 2.62 bits per heavy atom. The van der Waals surface area contributed by atoms with Gasteiger partial charge in [-0.3, -0.25) is 4.79 Å². The van der Waals surface area contributed by atoms with Gasteiger partial charge in [0.1, 0.15) is 4.34 Å². The summed E-state index contributed by atoms with van der Waals surface area (Å²) in [5.41, 5.74) is 0.980. The van der Waals surface area contributed by atoms with Gasteiger partial charge in [0, 0.05) is 30.8 Å². The van der Waals surface area contributed by atoms with E-state index in [-0.39, 0.29) is 5.91 Å². The highest BCUT2D eigenvalue weighted by atomic mass is 32.2. The number of likely N-dealkylation sites (tertiary alicyclic amines) is 1. The van der Waals surface area contributed by atoms with Crippen LogP contribution in [0.2, 0.25) is 0 Å². The number of thioether (sulfide) groups is 1. The van der Waals surface area contributed by atoms with Crippen LogP contribution in [0.15, 0.2) is 4.34 Å². The normalized spacial score (nSPS) is 21.1. The van der Waals surface area contributed by atoms with E-state index in [1.165, 1.54) is 0 Å². The van der Waals surface area contributed by atoms with Gasteiger partial charge < -0.3 is 14.4 Å². The van der Waals surface area contributed by atoms with Gasteiger partial charge in [-0.1, -0.05) is 11.8 Å². The summed E-state index contributed by atoms with van der Waals surface area (Å²) in [4.78, 5) is 19.9. The van der Waals surface area contributed by atoms with E-state index >= 15 is 0 Å². The monoisotopic (exact) mass is 328 g/mol. The summed E-state index contributed by atoms with van der Waals surface area (Å²) in [7, 11) is 0. The van der Waals surface area contributed by atoms with Crippen LogP contribution < -0.4 is 0 Å². The Bertz CT molecular complexity index is 516. The molecule has 1 aromatic heterocycles. The molecular weight excluding hydrogens is 308 g/mol. The van der Waals surface area contributed by atoms with Crippen molar-refractivity contribution in [1.82, 2.24) is 9.88 Å². The third-order valence-electron chi connectivity index (χ3n) is 4.05. The molecule has 0 radical (unpaired) electrons. The van der Waals surface area contributed by atoms with Gasteiger partial charge >= 0.3 is 0 Å². The van der Waals surface area contributed by atoms with Gasteiger partial charge in [0.25, 0.3) is 0 Å². The van der Waals surface area contributed by atoms with Crippen molar-refractivity contribution in [2.24, 2.45) is 0 Å². The van der Waals surface area contributed by atoms with Gasteiger partial charge in [0.05, 0.1) is 25.3 Å². The third kappa shape index (κ3) is 3.26. The maximum absolute atomic E-state index is 12.4. The second kappa shape index (κ2) is 6.24. The first kappa shape index (κ1) is 15.3. The highest BCUT2D eigenvalue weighted by Gasteiger charge is 2.40. The molecule has 0 saturated carbocycles. The zero-order chi connectivity index (χ0) is 14.9. The Labute approximate surface area is 133 Å². The van der Waals surface area contributed by atoms with Gasteiger partial charge in [-0.05, 0) is 13.2 Å². The number of carbonyl (C=O) groups excluding carboxylic acids is 1. The molecule has 1 spiro atoms. The van der Waals surface area contributed by atoms with Crippen LogP contribution in [0.1, 0.15) is 23.4 Å². The number of hydrogen-bond acceptors (Lipinski definition) is 6. The van der Waals surface area contributed by atoms with E-state index < -0.39 is 5.79 Å². The highest BCUT2D eigenvalue weighted by Crippen LogP contribution is 2.32. The number of aryl methyl sites for hydroxylation is 1. The van der Waals surface area contributed by atoms with Gasteiger partial charge in [0.15, 0.2) is 5.79 Å². The Balaban J connectivity index is 1.57. The maximum atomic E-state index is 12.4. The van der Waals surface area contributed by atoms with Crippen molar-refractivity contribution < 1.29 is 14.3 Å². The Hall–Kier alpha value is -0.630. The first-order valence-electron chi connectivity index (χ1n) is 7.18. The number of hydrogen-bond donors (Lipinski definition) is 0. The summed E-state index contributed by atoms with van der Waals surface area (Å²) in [5.74, 6) is -0.231. The van der Waals surface area contributed by atoms with Crippen molar-refractivity contribution in [2.75, 3.05) is 32.6 Å². The second-order valence-corrected chi connectivity index (χ2v) is 7.49. The lowest BCUT2D eigenvalue weighted by Gasteiger charge is -2.37. The lowest BCUT2D eigenvalue weighted by molar-refractivity contribution is -0.187. The molecule has 1 aromatic rings. The van der Waals surface area contributed by atoms with Crippen LogP contribution in [-0.4, -0.2) is 54.1 Å². The van der Waals surface area contributed by atoms with Crippen LogP contribution in [0, 0.1) is 6.92 Å². The Morgan fingerprint density at radius 1 is 1.38 bits per heavy atom.